The average molecular weight is 379 g/mol. The minimum absolute atomic E-state index is 0.129. The van der Waals surface area contributed by atoms with Crippen molar-refractivity contribution in [2.75, 3.05) is 7.05 Å². The van der Waals surface area contributed by atoms with Crippen molar-refractivity contribution < 1.29 is 24.1 Å². The summed E-state index contributed by atoms with van der Waals surface area (Å²) in [5.74, 6) is 0. The highest BCUT2D eigenvalue weighted by atomic mass is 19.3. The molecule has 0 spiro atoms. The van der Waals surface area contributed by atoms with Crippen molar-refractivity contribution in [1.29, 1.82) is 5.26 Å². The van der Waals surface area contributed by atoms with Gasteiger partial charge in [-0.2, -0.15) is 5.26 Å². The number of aliphatic hydroxyl groups excluding tert-OH is 3. The summed E-state index contributed by atoms with van der Waals surface area (Å²) in [6.07, 6.45) is -2.90. The molecule has 0 radical (unpaired) electrons. The Morgan fingerprint density at radius 3 is 2.22 bits per heavy atom. The van der Waals surface area contributed by atoms with E-state index in [0.717, 1.165) is 0 Å². The Hall–Kier alpha value is -2.57. The molecular weight excluding hydrogens is 356 g/mol. The maximum Gasteiger partial charge on any atom is 0.267 e. The third-order valence-electron chi connectivity index (χ3n) is 4.08. The first-order chi connectivity index (χ1) is 13.0. The van der Waals surface area contributed by atoms with Gasteiger partial charge in [0, 0.05) is 17.8 Å². The van der Waals surface area contributed by atoms with Gasteiger partial charge in [-0.25, -0.2) is 8.78 Å². The van der Waals surface area contributed by atoms with Crippen LogP contribution in [-0.2, 0) is 26.4 Å². The van der Waals surface area contributed by atoms with Crippen molar-refractivity contribution in [3.05, 3.63) is 58.9 Å². The molecule has 2 aromatic rings. The SMILES string of the molecule is C=C.CNCc1[nH]c(C#N)c(C(F)F)c1-c1ccc(CO)c(CO)c1CO. The fraction of sp³-hybridized carbons (Fsp3) is 0.316. The van der Waals surface area contributed by atoms with Crippen LogP contribution in [0.2, 0.25) is 0 Å². The van der Waals surface area contributed by atoms with Crippen LogP contribution in [0.5, 0.6) is 0 Å². The molecule has 27 heavy (non-hydrogen) atoms. The largest absolute Gasteiger partial charge is 0.392 e. The Morgan fingerprint density at radius 2 is 1.78 bits per heavy atom. The van der Waals surface area contributed by atoms with Crippen LogP contribution >= 0.6 is 0 Å². The highest BCUT2D eigenvalue weighted by Crippen LogP contribution is 2.40. The average Bonchev–Trinajstić information content (AvgIpc) is 3.06. The minimum Gasteiger partial charge on any atom is -0.392 e. The number of halogens is 2. The molecule has 146 valence electrons. The molecule has 6 nitrogen and oxygen atoms in total. The first-order valence-corrected chi connectivity index (χ1v) is 8.08. The van der Waals surface area contributed by atoms with E-state index < -0.39 is 25.2 Å². The van der Waals surface area contributed by atoms with Crippen LogP contribution in [0.25, 0.3) is 11.1 Å². The number of aromatic nitrogens is 1. The summed E-state index contributed by atoms with van der Waals surface area (Å²) in [5, 5.41) is 40.8. The zero-order valence-corrected chi connectivity index (χ0v) is 15.0. The van der Waals surface area contributed by atoms with E-state index in [1.807, 2.05) is 0 Å². The van der Waals surface area contributed by atoms with Gasteiger partial charge < -0.3 is 25.6 Å². The molecule has 1 heterocycles. The molecule has 5 N–H and O–H groups in total. The summed E-state index contributed by atoms with van der Waals surface area (Å²) in [4.78, 5) is 2.70. The van der Waals surface area contributed by atoms with Gasteiger partial charge in [-0.3, -0.25) is 0 Å². The van der Waals surface area contributed by atoms with Gasteiger partial charge in [0.1, 0.15) is 11.8 Å². The van der Waals surface area contributed by atoms with E-state index in [4.69, 9.17) is 0 Å². The Labute approximate surface area is 156 Å². The topological polar surface area (TPSA) is 112 Å². The third-order valence-corrected chi connectivity index (χ3v) is 4.08. The molecule has 0 amide bonds. The number of H-pyrrole nitrogens is 1. The summed E-state index contributed by atoms with van der Waals surface area (Å²) >= 11 is 0. The van der Waals surface area contributed by atoms with E-state index in [1.165, 1.54) is 12.1 Å². The Morgan fingerprint density at radius 1 is 1.15 bits per heavy atom. The number of rotatable bonds is 7. The summed E-state index contributed by atoms with van der Waals surface area (Å²) in [7, 11) is 1.64. The monoisotopic (exact) mass is 379 g/mol. The molecule has 0 bridgehead atoms. The van der Waals surface area contributed by atoms with E-state index >= 15 is 0 Å². The molecule has 0 saturated heterocycles. The highest BCUT2D eigenvalue weighted by Gasteiger charge is 2.27. The van der Waals surface area contributed by atoms with E-state index in [0.29, 0.717) is 16.8 Å². The predicted octanol–water partition coefficient (Wildman–Crippen LogP) is 2.49. The number of benzene rings is 1. The summed E-state index contributed by atoms with van der Waals surface area (Å²) in [5.41, 5.74) is 1.06. The molecule has 0 aliphatic rings. The van der Waals surface area contributed by atoms with Crippen LogP contribution in [0.15, 0.2) is 25.3 Å². The van der Waals surface area contributed by atoms with Crippen molar-refractivity contribution in [2.24, 2.45) is 0 Å². The van der Waals surface area contributed by atoms with Gasteiger partial charge in [0.05, 0.1) is 25.4 Å². The number of hydrogen-bond donors (Lipinski definition) is 5. The van der Waals surface area contributed by atoms with E-state index in [2.05, 4.69) is 23.5 Å². The molecule has 0 saturated carbocycles. The zero-order valence-electron chi connectivity index (χ0n) is 15.0. The second-order valence-corrected chi connectivity index (χ2v) is 5.41. The van der Waals surface area contributed by atoms with E-state index in [-0.39, 0.29) is 35.5 Å². The van der Waals surface area contributed by atoms with Gasteiger partial charge in [-0.15, -0.1) is 13.2 Å². The zero-order chi connectivity index (χ0) is 20.6. The van der Waals surface area contributed by atoms with Gasteiger partial charge in [0.2, 0.25) is 0 Å². The number of nitrogens with one attached hydrogen (secondary N) is 2. The molecule has 2 rings (SSSR count). The number of aliphatic hydroxyl groups is 3. The molecule has 0 aliphatic heterocycles. The molecular formula is C19H23F2N3O3. The van der Waals surface area contributed by atoms with Crippen molar-refractivity contribution in [3.8, 4) is 17.2 Å². The molecule has 8 heteroatoms. The van der Waals surface area contributed by atoms with Crippen molar-refractivity contribution in [3.63, 3.8) is 0 Å². The van der Waals surface area contributed by atoms with Crippen LogP contribution < -0.4 is 5.32 Å². The third kappa shape index (κ3) is 4.40. The standard InChI is InChI=1S/C17H19F2N3O3.C2H4/c1-21-5-14-15(16(17(18)19)13(4-20)22-14)10-3-2-9(6-23)11(7-24)12(10)8-25;1-2/h2-3,17,21-25H,5-8H2,1H3;1-2H2. The Balaban J connectivity index is 0.00000176. The lowest BCUT2D eigenvalue weighted by Crippen LogP contribution is -2.08. The van der Waals surface area contributed by atoms with Crippen molar-refractivity contribution in [1.82, 2.24) is 10.3 Å². The molecule has 1 aromatic carbocycles. The fourth-order valence-electron chi connectivity index (χ4n) is 2.99. The van der Waals surface area contributed by atoms with Gasteiger partial charge in [-0.05, 0) is 29.3 Å². The summed E-state index contributed by atoms with van der Waals surface area (Å²) < 4.78 is 27.3. The van der Waals surface area contributed by atoms with E-state index in [9.17, 15) is 29.4 Å². The van der Waals surface area contributed by atoms with Crippen LogP contribution in [0.4, 0.5) is 8.78 Å². The smallest absolute Gasteiger partial charge is 0.267 e. The first-order valence-electron chi connectivity index (χ1n) is 8.08. The summed E-state index contributed by atoms with van der Waals surface area (Å²) in [6, 6.07) is 4.76. The summed E-state index contributed by atoms with van der Waals surface area (Å²) in [6.45, 7) is 4.89. The maximum atomic E-state index is 13.6. The van der Waals surface area contributed by atoms with Gasteiger partial charge >= 0.3 is 0 Å². The van der Waals surface area contributed by atoms with Gasteiger partial charge in [-0.1, -0.05) is 12.1 Å². The van der Waals surface area contributed by atoms with Crippen LogP contribution in [0, 0.1) is 11.3 Å². The van der Waals surface area contributed by atoms with Crippen molar-refractivity contribution >= 4 is 0 Å². The van der Waals surface area contributed by atoms with E-state index in [1.54, 1.807) is 13.1 Å². The first kappa shape index (κ1) is 22.5. The number of aromatic amines is 1. The normalized spacial score (nSPS) is 10.4. The van der Waals surface area contributed by atoms with Crippen LogP contribution in [-0.4, -0.2) is 27.4 Å². The number of nitrogens with zero attached hydrogens (tertiary/aromatic N) is 1. The van der Waals surface area contributed by atoms with Crippen LogP contribution in [0.1, 0.15) is 40.1 Å². The lowest BCUT2D eigenvalue weighted by molar-refractivity contribution is 0.152. The molecule has 0 aliphatic carbocycles. The number of alkyl halides is 2. The molecule has 1 aromatic heterocycles. The fourth-order valence-corrected chi connectivity index (χ4v) is 2.99. The van der Waals surface area contributed by atoms with Crippen molar-refractivity contribution in [2.45, 2.75) is 32.8 Å². The molecule has 0 unspecified atom stereocenters. The minimum atomic E-state index is -2.90. The second kappa shape index (κ2) is 10.5. The quantitative estimate of drug-likeness (QED) is 0.475. The Kier molecular flexibility index (Phi) is 8.78. The molecule has 0 atom stereocenters. The predicted molar refractivity (Wildman–Crippen MR) is 97.7 cm³/mol. The van der Waals surface area contributed by atoms with Crippen LogP contribution in [0.3, 0.4) is 0 Å². The van der Waals surface area contributed by atoms with Gasteiger partial charge in [0.25, 0.3) is 6.43 Å². The van der Waals surface area contributed by atoms with Gasteiger partial charge in [0.15, 0.2) is 0 Å². The maximum absolute atomic E-state index is 13.6. The number of nitriles is 1. The number of hydrogen-bond acceptors (Lipinski definition) is 5. The highest BCUT2D eigenvalue weighted by molar-refractivity contribution is 5.77. The lowest BCUT2D eigenvalue weighted by Gasteiger charge is -2.17. The second-order valence-electron chi connectivity index (χ2n) is 5.41. The Bertz CT molecular complexity index is 814. The molecule has 0 fully saturated rings. The lowest BCUT2D eigenvalue weighted by atomic mass is 9.90.